The van der Waals surface area contributed by atoms with Gasteiger partial charge >= 0.3 is 0 Å². The Morgan fingerprint density at radius 1 is 1.48 bits per heavy atom. The van der Waals surface area contributed by atoms with Crippen molar-refractivity contribution in [2.75, 3.05) is 32.7 Å². The predicted molar refractivity (Wildman–Crippen MR) is 86.4 cm³/mol. The number of nitrogens with one attached hydrogen (secondary N) is 1. The standard InChI is InChI=1S/C16H24ClN3O/c17-15-5-1-3-13(9-15)6-7-19-16(21)12-20-8-2-4-14(10-18)11-20/h1,3,5,9,14H,2,4,6-8,10-12,18H2,(H,19,21). The molecule has 5 heteroatoms. The summed E-state index contributed by atoms with van der Waals surface area (Å²) in [5.41, 5.74) is 6.86. The average molecular weight is 310 g/mol. The highest BCUT2D eigenvalue weighted by Gasteiger charge is 2.20. The highest BCUT2D eigenvalue weighted by Crippen LogP contribution is 2.14. The van der Waals surface area contributed by atoms with Gasteiger partial charge in [0.05, 0.1) is 6.54 Å². The Morgan fingerprint density at radius 2 is 2.33 bits per heavy atom. The molecule has 1 unspecified atom stereocenters. The van der Waals surface area contributed by atoms with E-state index in [1.807, 2.05) is 24.3 Å². The quantitative estimate of drug-likeness (QED) is 0.840. The van der Waals surface area contributed by atoms with Crippen molar-refractivity contribution in [1.29, 1.82) is 0 Å². The van der Waals surface area contributed by atoms with Crippen molar-refractivity contribution in [3.8, 4) is 0 Å². The van der Waals surface area contributed by atoms with E-state index in [2.05, 4.69) is 10.2 Å². The Hall–Kier alpha value is -1.10. The van der Waals surface area contributed by atoms with Crippen LogP contribution in [0, 0.1) is 5.92 Å². The molecule has 0 aliphatic carbocycles. The summed E-state index contributed by atoms with van der Waals surface area (Å²) in [5, 5.41) is 3.71. The van der Waals surface area contributed by atoms with Crippen LogP contribution in [0.1, 0.15) is 18.4 Å². The molecule has 1 atom stereocenters. The van der Waals surface area contributed by atoms with Crippen molar-refractivity contribution in [1.82, 2.24) is 10.2 Å². The molecular formula is C16H24ClN3O. The molecule has 1 saturated heterocycles. The molecule has 1 amide bonds. The number of likely N-dealkylation sites (tertiary alicyclic amines) is 1. The fourth-order valence-electron chi connectivity index (χ4n) is 2.79. The molecule has 4 nitrogen and oxygen atoms in total. The first-order valence-electron chi connectivity index (χ1n) is 7.61. The molecule has 1 aromatic carbocycles. The molecule has 0 bridgehead atoms. The number of nitrogens with zero attached hydrogens (tertiary/aromatic N) is 1. The summed E-state index contributed by atoms with van der Waals surface area (Å²) in [6.45, 7) is 3.78. The minimum atomic E-state index is 0.0923. The fraction of sp³-hybridized carbons (Fsp3) is 0.562. The van der Waals surface area contributed by atoms with Gasteiger partial charge in [-0.15, -0.1) is 0 Å². The first-order valence-corrected chi connectivity index (χ1v) is 7.98. The van der Waals surface area contributed by atoms with E-state index in [4.69, 9.17) is 17.3 Å². The molecule has 21 heavy (non-hydrogen) atoms. The van der Waals surface area contributed by atoms with Gasteiger partial charge in [0.2, 0.25) is 5.91 Å². The molecule has 0 saturated carbocycles. The minimum Gasteiger partial charge on any atom is -0.355 e. The number of hydrogen-bond donors (Lipinski definition) is 2. The summed E-state index contributed by atoms with van der Waals surface area (Å²) >= 11 is 5.94. The van der Waals surface area contributed by atoms with Gasteiger partial charge in [0.1, 0.15) is 0 Å². The fourth-order valence-corrected chi connectivity index (χ4v) is 3.00. The second-order valence-electron chi connectivity index (χ2n) is 5.71. The molecule has 1 heterocycles. The van der Waals surface area contributed by atoms with E-state index in [1.54, 1.807) is 0 Å². The number of rotatable bonds is 6. The van der Waals surface area contributed by atoms with Crippen LogP contribution in [-0.4, -0.2) is 43.5 Å². The van der Waals surface area contributed by atoms with Crippen LogP contribution in [0.15, 0.2) is 24.3 Å². The maximum atomic E-state index is 12.0. The van der Waals surface area contributed by atoms with Crippen LogP contribution in [0.4, 0.5) is 0 Å². The molecule has 3 N–H and O–H groups in total. The SMILES string of the molecule is NCC1CCCN(CC(=O)NCCc2cccc(Cl)c2)C1. The van der Waals surface area contributed by atoms with E-state index in [-0.39, 0.29) is 5.91 Å². The van der Waals surface area contributed by atoms with E-state index in [1.165, 1.54) is 6.42 Å². The van der Waals surface area contributed by atoms with Gasteiger partial charge in [-0.05, 0) is 56.0 Å². The third-order valence-corrected chi connectivity index (χ3v) is 4.16. The lowest BCUT2D eigenvalue weighted by Crippen LogP contribution is -2.44. The van der Waals surface area contributed by atoms with Gasteiger partial charge in [0, 0.05) is 18.1 Å². The van der Waals surface area contributed by atoms with Crippen LogP contribution in [0.5, 0.6) is 0 Å². The lowest BCUT2D eigenvalue weighted by molar-refractivity contribution is -0.122. The van der Waals surface area contributed by atoms with E-state index < -0.39 is 0 Å². The number of halogens is 1. The third-order valence-electron chi connectivity index (χ3n) is 3.93. The molecule has 0 aromatic heterocycles. The largest absolute Gasteiger partial charge is 0.355 e. The van der Waals surface area contributed by atoms with Gasteiger partial charge in [0.25, 0.3) is 0 Å². The first-order chi connectivity index (χ1) is 10.2. The maximum Gasteiger partial charge on any atom is 0.234 e. The zero-order valence-electron chi connectivity index (χ0n) is 12.4. The van der Waals surface area contributed by atoms with Crippen LogP contribution in [-0.2, 0) is 11.2 Å². The molecule has 2 rings (SSSR count). The van der Waals surface area contributed by atoms with Crippen molar-refractivity contribution >= 4 is 17.5 Å². The second-order valence-corrected chi connectivity index (χ2v) is 6.15. The number of carbonyl (C=O) groups excluding carboxylic acids is 1. The number of nitrogens with two attached hydrogens (primary N) is 1. The molecule has 1 aliphatic heterocycles. The Morgan fingerprint density at radius 3 is 3.10 bits per heavy atom. The average Bonchev–Trinajstić information content (AvgIpc) is 2.47. The smallest absolute Gasteiger partial charge is 0.234 e. The third kappa shape index (κ3) is 5.65. The van der Waals surface area contributed by atoms with Gasteiger partial charge in [-0.25, -0.2) is 0 Å². The Kier molecular flexibility index (Phi) is 6.49. The van der Waals surface area contributed by atoms with Crippen LogP contribution < -0.4 is 11.1 Å². The summed E-state index contributed by atoms with van der Waals surface area (Å²) in [6.07, 6.45) is 3.12. The Balaban J connectivity index is 1.67. The zero-order chi connectivity index (χ0) is 15.1. The summed E-state index contributed by atoms with van der Waals surface area (Å²) in [6, 6.07) is 7.74. The number of hydrogen-bond acceptors (Lipinski definition) is 3. The highest BCUT2D eigenvalue weighted by atomic mass is 35.5. The van der Waals surface area contributed by atoms with Gasteiger partial charge in [-0.3, -0.25) is 9.69 Å². The normalized spacial score (nSPS) is 19.4. The van der Waals surface area contributed by atoms with Crippen molar-refractivity contribution in [2.45, 2.75) is 19.3 Å². The summed E-state index contributed by atoms with van der Waals surface area (Å²) < 4.78 is 0. The number of carbonyl (C=O) groups is 1. The predicted octanol–water partition coefficient (Wildman–Crippen LogP) is 1.67. The molecule has 0 spiro atoms. The summed E-state index contributed by atoms with van der Waals surface area (Å²) in [5.74, 6) is 0.632. The van der Waals surface area contributed by atoms with Crippen LogP contribution in [0.2, 0.25) is 5.02 Å². The minimum absolute atomic E-state index is 0.0923. The topological polar surface area (TPSA) is 58.4 Å². The number of piperidine rings is 1. The van der Waals surface area contributed by atoms with Gasteiger partial charge in [0.15, 0.2) is 0 Å². The van der Waals surface area contributed by atoms with E-state index in [0.29, 0.717) is 25.6 Å². The van der Waals surface area contributed by atoms with Crippen LogP contribution in [0.3, 0.4) is 0 Å². The van der Waals surface area contributed by atoms with Gasteiger partial charge in [-0.2, -0.15) is 0 Å². The van der Waals surface area contributed by atoms with Crippen molar-refractivity contribution in [2.24, 2.45) is 11.7 Å². The molecule has 1 aromatic rings. The van der Waals surface area contributed by atoms with E-state index in [0.717, 1.165) is 36.5 Å². The number of amides is 1. The molecule has 116 valence electrons. The zero-order valence-corrected chi connectivity index (χ0v) is 13.1. The molecule has 0 radical (unpaired) electrons. The van der Waals surface area contributed by atoms with Crippen molar-refractivity contribution in [3.05, 3.63) is 34.9 Å². The Labute approximate surface area is 131 Å². The van der Waals surface area contributed by atoms with Crippen LogP contribution in [0.25, 0.3) is 0 Å². The van der Waals surface area contributed by atoms with Crippen LogP contribution >= 0.6 is 11.6 Å². The molecular weight excluding hydrogens is 286 g/mol. The van der Waals surface area contributed by atoms with Gasteiger partial charge in [-0.1, -0.05) is 23.7 Å². The number of benzene rings is 1. The van der Waals surface area contributed by atoms with E-state index in [9.17, 15) is 4.79 Å². The van der Waals surface area contributed by atoms with E-state index >= 15 is 0 Å². The lowest BCUT2D eigenvalue weighted by atomic mass is 9.98. The monoisotopic (exact) mass is 309 g/mol. The second kappa shape index (κ2) is 8.37. The highest BCUT2D eigenvalue weighted by molar-refractivity contribution is 6.30. The Bertz CT molecular complexity index is 467. The molecule has 1 aliphatic rings. The summed E-state index contributed by atoms with van der Waals surface area (Å²) in [4.78, 5) is 14.2. The molecule has 1 fully saturated rings. The first kappa shape index (κ1) is 16.3. The maximum absolute atomic E-state index is 12.0. The lowest BCUT2D eigenvalue weighted by Gasteiger charge is -2.31. The van der Waals surface area contributed by atoms with Gasteiger partial charge < -0.3 is 11.1 Å². The van der Waals surface area contributed by atoms with Crippen molar-refractivity contribution in [3.63, 3.8) is 0 Å². The van der Waals surface area contributed by atoms with Crippen molar-refractivity contribution < 1.29 is 4.79 Å². The summed E-state index contributed by atoms with van der Waals surface area (Å²) in [7, 11) is 0.